The van der Waals surface area contributed by atoms with Gasteiger partial charge in [0.15, 0.2) is 18.3 Å². The number of alkyl carbamates (subject to hydrolysis) is 1. The van der Waals surface area contributed by atoms with E-state index in [0.717, 1.165) is 34.8 Å². The Balaban J connectivity index is 3.82. The fraction of sp³-hybridized carbons (Fsp3) is 0.739. The molecule has 39 heavy (non-hydrogen) atoms. The Morgan fingerprint density at radius 3 is 1.97 bits per heavy atom. The van der Waals surface area contributed by atoms with Crippen molar-refractivity contribution in [3.63, 3.8) is 0 Å². The maximum atomic E-state index is 15.7. The molecule has 16 heteroatoms. The van der Waals surface area contributed by atoms with Gasteiger partial charge in [0.1, 0.15) is 24.4 Å². The van der Waals surface area contributed by atoms with Crippen molar-refractivity contribution in [2.24, 2.45) is 0 Å². The first kappa shape index (κ1) is 33.5. The van der Waals surface area contributed by atoms with Crippen LogP contribution in [0.15, 0.2) is 0 Å². The van der Waals surface area contributed by atoms with Gasteiger partial charge in [0.05, 0.1) is 7.11 Å². The first-order valence-corrected chi connectivity index (χ1v) is 11.6. The summed E-state index contributed by atoms with van der Waals surface area (Å²) >= 11 is 0. The summed E-state index contributed by atoms with van der Waals surface area (Å²) in [5, 5.41) is 13.2. The quantitative estimate of drug-likeness (QED) is 0.275. The van der Waals surface area contributed by atoms with Gasteiger partial charge in [-0.25, -0.2) is 14.0 Å². The third-order valence-electron chi connectivity index (χ3n) is 4.91. The van der Waals surface area contributed by atoms with Gasteiger partial charge in [-0.1, -0.05) is 0 Å². The van der Waals surface area contributed by atoms with Gasteiger partial charge in [-0.15, -0.1) is 0 Å². The molecule has 0 aliphatic carbocycles. The number of methoxy groups -OCH3 is 1. The Bertz CT molecular complexity index is 950. The molecule has 1 saturated heterocycles. The monoisotopic (exact) mass is 567 g/mol. The minimum Gasteiger partial charge on any atom is -0.465 e. The van der Waals surface area contributed by atoms with E-state index in [1.165, 1.54) is 20.8 Å². The van der Waals surface area contributed by atoms with Gasteiger partial charge in [0.25, 0.3) is 0 Å². The van der Waals surface area contributed by atoms with Gasteiger partial charge in [-0.3, -0.25) is 19.2 Å². The number of hydrogen-bond acceptors (Lipinski definition) is 14. The van der Waals surface area contributed by atoms with E-state index in [4.69, 9.17) is 28.4 Å². The Morgan fingerprint density at radius 1 is 0.974 bits per heavy atom. The van der Waals surface area contributed by atoms with E-state index in [1.54, 1.807) is 0 Å². The molecule has 1 heterocycles. The molecule has 2 N–H and O–H groups in total. The van der Waals surface area contributed by atoms with E-state index in [2.05, 4.69) is 10.1 Å². The molecular weight excluding hydrogens is 533 g/mol. The molecule has 222 valence electrons. The van der Waals surface area contributed by atoms with Crippen molar-refractivity contribution in [2.45, 2.75) is 96.5 Å². The maximum Gasteiger partial charge on any atom is 0.408 e. The molecule has 0 spiro atoms. The number of aliphatic hydroxyl groups is 1. The molecule has 1 amide bonds. The zero-order valence-corrected chi connectivity index (χ0v) is 22.8. The fourth-order valence-electron chi connectivity index (χ4n) is 3.60. The van der Waals surface area contributed by atoms with Crippen molar-refractivity contribution in [3.8, 4) is 0 Å². The van der Waals surface area contributed by atoms with E-state index < -0.39 is 90.6 Å². The normalized spacial score (nSPS) is 26.2. The van der Waals surface area contributed by atoms with Crippen LogP contribution in [0.3, 0.4) is 0 Å². The summed E-state index contributed by atoms with van der Waals surface area (Å²) in [6.45, 7) is 7.58. The number of ether oxygens (including phenoxy) is 7. The number of amides is 1. The van der Waals surface area contributed by atoms with Gasteiger partial charge in [0.2, 0.25) is 6.17 Å². The lowest BCUT2D eigenvalue weighted by Crippen LogP contribution is -2.74. The van der Waals surface area contributed by atoms with Crippen molar-refractivity contribution in [2.75, 3.05) is 13.7 Å². The molecule has 0 bridgehead atoms. The van der Waals surface area contributed by atoms with Crippen LogP contribution < -0.4 is 5.32 Å². The van der Waals surface area contributed by atoms with Crippen LogP contribution in [0.5, 0.6) is 0 Å². The average molecular weight is 568 g/mol. The van der Waals surface area contributed by atoms with Crippen LogP contribution in [-0.2, 0) is 57.1 Å². The summed E-state index contributed by atoms with van der Waals surface area (Å²) < 4.78 is 50.9. The van der Waals surface area contributed by atoms with E-state index in [9.17, 15) is 33.9 Å². The van der Waals surface area contributed by atoms with Gasteiger partial charge >= 0.3 is 41.7 Å². The molecule has 1 aliphatic heterocycles. The number of nitrogens with one attached hydrogen (secondary N) is 1. The number of carbonyl (C=O) groups excluding carboxylic acids is 6. The lowest BCUT2D eigenvalue weighted by atomic mass is 9.87. The van der Waals surface area contributed by atoms with Crippen molar-refractivity contribution in [3.05, 3.63) is 0 Å². The summed E-state index contributed by atoms with van der Waals surface area (Å²) in [7, 11) is 0.795. The Kier molecular flexibility index (Phi) is 11.6. The molecular formula is C23H34FNO14. The van der Waals surface area contributed by atoms with Crippen LogP contribution in [0.4, 0.5) is 9.18 Å². The SMILES string of the molecule is COC(=O)C1(O)OC(C(OC(C)=O)C(COC(C)=O)OC(C)=O)C(NC(=O)OC(C)(C)C)C(OC(C)=O)C1F. The second-order valence-electron chi connectivity index (χ2n) is 9.44. The van der Waals surface area contributed by atoms with Crippen molar-refractivity contribution in [1.29, 1.82) is 0 Å². The van der Waals surface area contributed by atoms with Gasteiger partial charge < -0.3 is 43.6 Å². The first-order chi connectivity index (χ1) is 17.8. The second-order valence-corrected chi connectivity index (χ2v) is 9.44. The minimum atomic E-state index is -3.48. The van der Waals surface area contributed by atoms with Crippen molar-refractivity contribution < 1.29 is 71.4 Å². The standard InChI is InChI=1S/C23H34FNO14/c1-10(26)34-9-14(35-11(2)27)16(36-12(3)28)17-15(25-21(31)39-22(5,6)7)18(37-13(4)29)19(24)23(32,38-17)20(30)33-8/h14-19,32H,9H2,1-8H3,(H,25,31). The third kappa shape index (κ3) is 9.62. The smallest absolute Gasteiger partial charge is 0.408 e. The Labute approximate surface area is 223 Å². The van der Waals surface area contributed by atoms with Crippen molar-refractivity contribution >= 4 is 35.9 Å². The predicted octanol–water partition coefficient (Wildman–Crippen LogP) is -0.164. The van der Waals surface area contributed by atoms with Crippen LogP contribution in [0.2, 0.25) is 0 Å². The summed E-state index contributed by atoms with van der Waals surface area (Å²) in [5.74, 6) is -9.10. The molecule has 0 aromatic heterocycles. The van der Waals surface area contributed by atoms with Gasteiger partial charge in [-0.05, 0) is 20.8 Å². The van der Waals surface area contributed by atoms with E-state index >= 15 is 4.39 Å². The highest BCUT2D eigenvalue weighted by Gasteiger charge is 2.64. The van der Waals surface area contributed by atoms with Crippen molar-refractivity contribution in [1.82, 2.24) is 5.32 Å². The van der Waals surface area contributed by atoms with E-state index in [-0.39, 0.29) is 0 Å². The number of alkyl halides is 1. The highest BCUT2D eigenvalue weighted by molar-refractivity contribution is 5.79. The largest absolute Gasteiger partial charge is 0.465 e. The number of rotatable bonds is 9. The Hall–Kier alpha value is -3.53. The molecule has 0 aromatic rings. The van der Waals surface area contributed by atoms with Crippen LogP contribution in [-0.4, -0.2) is 103 Å². The molecule has 15 nitrogen and oxygen atoms in total. The fourth-order valence-corrected chi connectivity index (χ4v) is 3.60. The van der Waals surface area contributed by atoms with Crippen LogP contribution in [0.1, 0.15) is 48.5 Å². The second kappa shape index (κ2) is 13.5. The molecule has 7 atom stereocenters. The minimum absolute atomic E-state index is 0.750. The molecule has 7 unspecified atom stereocenters. The van der Waals surface area contributed by atoms with Gasteiger partial charge in [0, 0.05) is 27.7 Å². The number of esters is 5. The third-order valence-corrected chi connectivity index (χ3v) is 4.91. The summed E-state index contributed by atoms with van der Waals surface area (Å²) in [5.41, 5.74) is -1.07. The van der Waals surface area contributed by atoms with Crippen LogP contribution in [0, 0.1) is 0 Å². The molecule has 1 aliphatic rings. The van der Waals surface area contributed by atoms with E-state index in [0.29, 0.717) is 0 Å². The molecule has 0 aromatic carbocycles. The lowest BCUT2D eigenvalue weighted by molar-refractivity contribution is -0.323. The first-order valence-electron chi connectivity index (χ1n) is 11.6. The van der Waals surface area contributed by atoms with Crippen LogP contribution >= 0.6 is 0 Å². The summed E-state index contributed by atoms with van der Waals surface area (Å²) in [4.78, 5) is 72.4. The summed E-state index contributed by atoms with van der Waals surface area (Å²) in [6.07, 6.45) is -11.9. The maximum absolute atomic E-state index is 15.7. The van der Waals surface area contributed by atoms with E-state index in [1.807, 2.05) is 0 Å². The zero-order chi connectivity index (χ0) is 30.3. The lowest BCUT2D eigenvalue weighted by Gasteiger charge is -2.48. The highest BCUT2D eigenvalue weighted by atomic mass is 19.1. The predicted molar refractivity (Wildman–Crippen MR) is 123 cm³/mol. The molecule has 0 saturated carbocycles. The highest BCUT2D eigenvalue weighted by Crippen LogP contribution is 2.36. The summed E-state index contributed by atoms with van der Waals surface area (Å²) in [6, 6.07) is -1.86. The Morgan fingerprint density at radius 2 is 1.54 bits per heavy atom. The number of halogens is 1. The molecule has 0 radical (unpaired) electrons. The topological polar surface area (TPSA) is 199 Å². The van der Waals surface area contributed by atoms with Gasteiger partial charge in [-0.2, -0.15) is 0 Å². The molecule has 1 fully saturated rings. The number of hydrogen-bond donors (Lipinski definition) is 2. The average Bonchev–Trinajstić information content (AvgIpc) is 2.77. The van der Waals surface area contributed by atoms with Crippen LogP contribution in [0.25, 0.3) is 0 Å². The number of carbonyl (C=O) groups is 6. The zero-order valence-electron chi connectivity index (χ0n) is 22.8. The molecule has 1 rings (SSSR count).